The van der Waals surface area contributed by atoms with Gasteiger partial charge in [0, 0.05) is 18.7 Å². The number of nitrogens with one attached hydrogen (secondary N) is 1. The summed E-state index contributed by atoms with van der Waals surface area (Å²) in [5.41, 5.74) is 0.992. The molecule has 1 aromatic rings. The zero-order valence-corrected chi connectivity index (χ0v) is 13.8. The highest BCUT2D eigenvalue weighted by Crippen LogP contribution is 2.28. The zero-order chi connectivity index (χ0) is 15.7. The number of ether oxygens (including phenoxy) is 2. The Morgan fingerprint density at radius 1 is 1.29 bits per heavy atom. The van der Waals surface area contributed by atoms with Gasteiger partial charge < -0.3 is 19.9 Å². The second-order valence-corrected chi connectivity index (χ2v) is 5.78. The molecule has 1 rings (SSSR count). The molecule has 120 valence electrons. The molecule has 5 heteroatoms. The molecule has 1 unspecified atom stereocenters. The highest BCUT2D eigenvalue weighted by atomic mass is 35.5. The number of rotatable bonds is 10. The van der Waals surface area contributed by atoms with Gasteiger partial charge in [-0.05, 0) is 25.5 Å². The molecule has 2 N–H and O–H groups in total. The minimum atomic E-state index is -0.655. The van der Waals surface area contributed by atoms with Gasteiger partial charge >= 0.3 is 0 Å². The molecule has 0 radical (unpaired) electrons. The van der Waals surface area contributed by atoms with E-state index >= 15 is 0 Å². The number of aliphatic hydroxyl groups is 1. The van der Waals surface area contributed by atoms with Gasteiger partial charge in [0.25, 0.3) is 0 Å². The summed E-state index contributed by atoms with van der Waals surface area (Å²) in [4.78, 5) is 0. The van der Waals surface area contributed by atoms with Gasteiger partial charge in [-0.25, -0.2) is 0 Å². The van der Waals surface area contributed by atoms with Crippen molar-refractivity contribution in [3.63, 3.8) is 0 Å². The Bertz CT molecular complexity index is 413. The van der Waals surface area contributed by atoms with Gasteiger partial charge in [0.1, 0.15) is 18.5 Å². The van der Waals surface area contributed by atoms with Crippen LogP contribution in [0.15, 0.2) is 18.2 Å². The fraction of sp³-hybridized carbons (Fsp3) is 0.625. The third-order valence-corrected chi connectivity index (χ3v) is 3.15. The van der Waals surface area contributed by atoms with E-state index in [9.17, 15) is 5.11 Å². The van der Waals surface area contributed by atoms with Crippen molar-refractivity contribution in [1.82, 2.24) is 5.32 Å². The van der Waals surface area contributed by atoms with Gasteiger partial charge in [0.2, 0.25) is 0 Å². The molecule has 4 nitrogen and oxygen atoms in total. The van der Waals surface area contributed by atoms with Crippen molar-refractivity contribution in [2.75, 3.05) is 26.4 Å². The summed E-state index contributed by atoms with van der Waals surface area (Å²) in [7, 11) is 0. The summed E-state index contributed by atoms with van der Waals surface area (Å²) in [6.07, 6.45) is -0.655. The molecule has 0 saturated carbocycles. The van der Waals surface area contributed by atoms with E-state index in [0.29, 0.717) is 29.8 Å². The highest BCUT2D eigenvalue weighted by molar-refractivity contribution is 6.32. The summed E-state index contributed by atoms with van der Waals surface area (Å²) < 4.78 is 10.8. The quantitative estimate of drug-likeness (QED) is 0.697. The summed E-state index contributed by atoms with van der Waals surface area (Å²) >= 11 is 6.19. The average molecular weight is 316 g/mol. The molecule has 0 fully saturated rings. The maximum Gasteiger partial charge on any atom is 0.142 e. The maximum absolute atomic E-state index is 9.76. The van der Waals surface area contributed by atoms with Crippen LogP contribution in [0.4, 0.5) is 0 Å². The van der Waals surface area contributed by atoms with Crippen LogP contribution in [0.1, 0.15) is 26.3 Å². The molecule has 0 aliphatic rings. The molecular formula is C16H26ClNO3. The monoisotopic (exact) mass is 315 g/mol. The summed E-state index contributed by atoms with van der Waals surface area (Å²) in [6.45, 7) is 8.84. The summed E-state index contributed by atoms with van der Waals surface area (Å²) in [5.74, 6) is 1.22. The maximum atomic E-state index is 9.76. The number of aliphatic hydroxyl groups excluding tert-OH is 1. The molecule has 1 aromatic carbocycles. The van der Waals surface area contributed by atoms with Crippen LogP contribution in [0, 0.1) is 5.92 Å². The van der Waals surface area contributed by atoms with Gasteiger partial charge in [0.05, 0.1) is 11.6 Å². The second kappa shape index (κ2) is 10.0. The molecule has 21 heavy (non-hydrogen) atoms. The van der Waals surface area contributed by atoms with Gasteiger partial charge in [-0.3, -0.25) is 0 Å². The number of hydrogen-bond acceptors (Lipinski definition) is 4. The van der Waals surface area contributed by atoms with E-state index in [2.05, 4.69) is 19.2 Å². The Kier molecular flexibility index (Phi) is 8.69. The largest absolute Gasteiger partial charge is 0.489 e. The first-order valence-electron chi connectivity index (χ1n) is 7.41. The number of para-hydroxylation sites is 1. The lowest BCUT2D eigenvalue weighted by Crippen LogP contribution is -2.24. The Balaban J connectivity index is 2.58. The Morgan fingerprint density at radius 3 is 2.71 bits per heavy atom. The SMILES string of the molecule is CCOCC(O)COc1c(Cl)cccc1CNCC(C)C. The predicted molar refractivity (Wildman–Crippen MR) is 86.0 cm³/mol. The minimum absolute atomic E-state index is 0.168. The van der Waals surface area contributed by atoms with Crippen LogP contribution in [-0.4, -0.2) is 37.6 Å². The number of hydrogen-bond donors (Lipinski definition) is 2. The molecule has 0 bridgehead atoms. The van der Waals surface area contributed by atoms with Crippen LogP contribution in [-0.2, 0) is 11.3 Å². The Morgan fingerprint density at radius 2 is 2.05 bits per heavy atom. The number of benzene rings is 1. The molecule has 0 spiro atoms. The molecule has 0 saturated heterocycles. The van der Waals surface area contributed by atoms with Crippen LogP contribution in [0.5, 0.6) is 5.75 Å². The van der Waals surface area contributed by atoms with Crippen molar-refractivity contribution in [3.05, 3.63) is 28.8 Å². The van der Waals surface area contributed by atoms with Crippen LogP contribution in [0.25, 0.3) is 0 Å². The highest BCUT2D eigenvalue weighted by Gasteiger charge is 2.11. The number of halogens is 1. The summed E-state index contributed by atoms with van der Waals surface area (Å²) in [5, 5.41) is 13.7. The van der Waals surface area contributed by atoms with Gasteiger partial charge in [0.15, 0.2) is 0 Å². The van der Waals surface area contributed by atoms with Crippen molar-refractivity contribution in [2.45, 2.75) is 33.4 Å². The van der Waals surface area contributed by atoms with Gasteiger partial charge in [-0.1, -0.05) is 37.6 Å². The van der Waals surface area contributed by atoms with E-state index in [4.69, 9.17) is 21.1 Å². The fourth-order valence-electron chi connectivity index (χ4n) is 1.83. The first-order valence-corrected chi connectivity index (χ1v) is 7.79. The average Bonchev–Trinajstić information content (AvgIpc) is 2.44. The molecule has 0 heterocycles. The lowest BCUT2D eigenvalue weighted by molar-refractivity contribution is 0.0162. The zero-order valence-electron chi connectivity index (χ0n) is 13.1. The van der Waals surface area contributed by atoms with E-state index in [1.54, 1.807) is 6.07 Å². The van der Waals surface area contributed by atoms with Crippen molar-refractivity contribution in [2.24, 2.45) is 5.92 Å². The lowest BCUT2D eigenvalue weighted by atomic mass is 10.1. The Labute approximate surface area is 132 Å². The molecule has 0 aromatic heterocycles. The van der Waals surface area contributed by atoms with Crippen molar-refractivity contribution < 1.29 is 14.6 Å². The predicted octanol–water partition coefficient (Wildman–Crippen LogP) is 2.86. The Hall–Kier alpha value is -0.810. The molecule has 0 amide bonds. The van der Waals surface area contributed by atoms with Gasteiger partial charge in [-0.2, -0.15) is 0 Å². The normalized spacial score (nSPS) is 12.7. The smallest absolute Gasteiger partial charge is 0.142 e. The topological polar surface area (TPSA) is 50.7 Å². The van der Waals surface area contributed by atoms with E-state index in [0.717, 1.165) is 12.1 Å². The fourth-order valence-corrected chi connectivity index (χ4v) is 2.08. The molecule has 1 atom stereocenters. The minimum Gasteiger partial charge on any atom is -0.489 e. The summed E-state index contributed by atoms with van der Waals surface area (Å²) in [6, 6.07) is 5.67. The first kappa shape index (κ1) is 18.2. The van der Waals surface area contributed by atoms with Crippen LogP contribution >= 0.6 is 11.6 Å². The third kappa shape index (κ3) is 7.14. The van der Waals surface area contributed by atoms with E-state index in [1.165, 1.54) is 0 Å². The van der Waals surface area contributed by atoms with Crippen LogP contribution < -0.4 is 10.1 Å². The van der Waals surface area contributed by atoms with Crippen molar-refractivity contribution >= 4 is 11.6 Å². The lowest BCUT2D eigenvalue weighted by Gasteiger charge is -2.17. The van der Waals surface area contributed by atoms with Gasteiger partial charge in [-0.15, -0.1) is 0 Å². The van der Waals surface area contributed by atoms with E-state index in [-0.39, 0.29) is 13.2 Å². The molecular weight excluding hydrogens is 290 g/mol. The standard InChI is InChI=1S/C16H26ClNO3/c1-4-20-10-14(19)11-21-16-13(6-5-7-15(16)17)9-18-8-12(2)3/h5-7,12,14,18-19H,4,8-11H2,1-3H3. The van der Waals surface area contributed by atoms with Crippen molar-refractivity contribution in [3.8, 4) is 5.75 Å². The van der Waals surface area contributed by atoms with E-state index < -0.39 is 6.10 Å². The van der Waals surface area contributed by atoms with Crippen LogP contribution in [0.2, 0.25) is 5.02 Å². The third-order valence-electron chi connectivity index (χ3n) is 2.85. The van der Waals surface area contributed by atoms with Crippen molar-refractivity contribution in [1.29, 1.82) is 0 Å². The van der Waals surface area contributed by atoms with E-state index in [1.807, 2.05) is 19.1 Å². The second-order valence-electron chi connectivity index (χ2n) is 5.38. The first-order chi connectivity index (χ1) is 10.0. The van der Waals surface area contributed by atoms with Crippen LogP contribution in [0.3, 0.4) is 0 Å². The molecule has 0 aliphatic carbocycles. The molecule has 0 aliphatic heterocycles.